The average Bonchev–Trinajstić information content (AvgIpc) is 2.56. The van der Waals surface area contributed by atoms with Crippen molar-refractivity contribution in [1.29, 1.82) is 0 Å². The Bertz CT molecular complexity index is 836. The minimum Gasteiger partial charge on any atom is -0.328 e. The number of amides is 2. The van der Waals surface area contributed by atoms with Crippen molar-refractivity contribution in [1.82, 2.24) is 14.9 Å². The largest absolute Gasteiger partial charge is 0.328 e. The van der Waals surface area contributed by atoms with Gasteiger partial charge in [0.05, 0.1) is 0 Å². The van der Waals surface area contributed by atoms with Gasteiger partial charge in [-0.1, -0.05) is 22.4 Å². The molecule has 1 aromatic heterocycles. The van der Waals surface area contributed by atoms with E-state index >= 15 is 0 Å². The van der Waals surface area contributed by atoms with E-state index < -0.39 is 0 Å². The molecular weight excluding hydrogens is 384 g/mol. The molecule has 1 aliphatic carbocycles. The first kappa shape index (κ1) is 16.2. The molecule has 4 rings (SSSR count). The van der Waals surface area contributed by atoms with Gasteiger partial charge in [0.25, 0.3) is 5.91 Å². The lowest BCUT2D eigenvalue weighted by molar-refractivity contribution is -0.117. The summed E-state index contributed by atoms with van der Waals surface area (Å²) < 4.78 is 0.984. The molecule has 2 heterocycles. The Kier molecular flexibility index (Phi) is 4.03. The third-order valence-electron chi connectivity index (χ3n) is 5.03. The normalized spacial score (nSPS) is 17.8. The number of aromatic nitrogens is 2. The molecule has 0 saturated heterocycles. The third kappa shape index (κ3) is 2.93. The maximum atomic E-state index is 12.8. The lowest BCUT2D eigenvalue weighted by Crippen LogP contribution is -2.54. The molecule has 2 aliphatic rings. The summed E-state index contributed by atoms with van der Waals surface area (Å²) >= 11 is 3.50. The molecular formula is C18H17BrN4O2. The first-order valence-corrected chi connectivity index (χ1v) is 9.03. The number of carbonyl (C=O) groups excluding carboxylic acids is 2. The molecule has 1 spiro atoms. The highest BCUT2D eigenvalue weighted by molar-refractivity contribution is 9.10. The molecule has 1 aromatic carbocycles. The second-order valence-electron chi connectivity index (χ2n) is 6.61. The lowest BCUT2D eigenvalue weighted by atomic mass is 9.61. The summed E-state index contributed by atoms with van der Waals surface area (Å²) in [6, 6.07) is 7.47. The number of hydrogen-bond acceptors (Lipinski definition) is 4. The summed E-state index contributed by atoms with van der Waals surface area (Å²) in [5.41, 5.74) is 1.80. The SMILES string of the molecule is O=C(CN1CC2(CCC2)c2cc(Br)ccc2C1=O)Nc1ncccn1. The van der Waals surface area contributed by atoms with Crippen LogP contribution in [0.2, 0.25) is 0 Å². The Morgan fingerprint density at radius 2 is 2.04 bits per heavy atom. The van der Waals surface area contributed by atoms with Gasteiger partial charge in [0.15, 0.2) is 0 Å². The van der Waals surface area contributed by atoms with Crippen molar-refractivity contribution in [2.24, 2.45) is 0 Å². The van der Waals surface area contributed by atoms with Crippen LogP contribution in [0, 0.1) is 0 Å². The van der Waals surface area contributed by atoms with Crippen LogP contribution in [-0.4, -0.2) is 39.8 Å². The molecule has 7 heteroatoms. The second-order valence-corrected chi connectivity index (χ2v) is 7.52. The highest BCUT2D eigenvalue weighted by atomic mass is 79.9. The predicted octanol–water partition coefficient (Wildman–Crippen LogP) is 2.76. The minimum absolute atomic E-state index is 0.00828. The van der Waals surface area contributed by atoms with Crippen LogP contribution in [0.3, 0.4) is 0 Å². The maximum absolute atomic E-state index is 12.8. The highest BCUT2D eigenvalue weighted by Crippen LogP contribution is 2.48. The van der Waals surface area contributed by atoms with Gasteiger partial charge in [-0.15, -0.1) is 0 Å². The molecule has 1 aliphatic heterocycles. The van der Waals surface area contributed by atoms with Crippen LogP contribution in [0.4, 0.5) is 5.95 Å². The number of benzene rings is 1. The number of rotatable bonds is 3. The molecule has 0 unspecified atom stereocenters. The van der Waals surface area contributed by atoms with Gasteiger partial charge in [0.1, 0.15) is 6.54 Å². The third-order valence-corrected chi connectivity index (χ3v) is 5.52. The summed E-state index contributed by atoms with van der Waals surface area (Å²) in [5.74, 6) is -0.126. The minimum atomic E-state index is -0.283. The average molecular weight is 401 g/mol. The fourth-order valence-electron chi connectivity index (χ4n) is 3.69. The van der Waals surface area contributed by atoms with Crippen molar-refractivity contribution in [2.75, 3.05) is 18.4 Å². The number of hydrogen-bond donors (Lipinski definition) is 1. The fraction of sp³-hybridized carbons (Fsp3) is 0.333. The number of halogens is 1. The monoisotopic (exact) mass is 400 g/mol. The van der Waals surface area contributed by atoms with E-state index in [1.54, 1.807) is 23.4 Å². The number of anilines is 1. The van der Waals surface area contributed by atoms with E-state index in [2.05, 4.69) is 37.3 Å². The van der Waals surface area contributed by atoms with Crippen LogP contribution in [0.15, 0.2) is 41.1 Å². The van der Waals surface area contributed by atoms with Gasteiger partial charge in [-0.3, -0.25) is 14.9 Å². The van der Waals surface area contributed by atoms with E-state index in [1.165, 1.54) is 0 Å². The summed E-state index contributed by atoms with van der Waals surface area (Å²) in [5, 5.41) is 2.64. The Balaban J connectivity index is 1.56. The zero-order valence-electron chi connectivity index (χ0n) is 13.5. The molecule has 2 amide bonds. The van der Waals surface area contributed by atoms with Gasteiger partial charge in [-0.05, 0) is 42.7 Å². The lowest BCUT2D eigenvalue weighted by Gasteiger charge is -2.49. The molecule has 1 N–H and O–H groups in total. The molecule has 6 nitrogen and oxygen atoms in total. The van der Waals surface area contributed by atoms with Gasteiger partial charge >= 0.3 is 0 Å². The Labute approximate surface area is 153 Å². The second kappa shape index (κ2) is 6.22. The van der Waals surface area contributed by atoms with Crippen molar-refractivity contribution in [3.05, 3.63) is 52.3 Å². The Hall–Kier alpha value is -2.28. The van der Waals surface area contributed by atoms with E-state index in [0.717, 1.165) is 29.3 Å². The quantitative estimate of drug-likeness (QED) is 0.859. The Morgan fingerprint density at radius 1 is 1.28 bits per heavy atom. The Morgan fingerprint density at radius 3 is 2.72 bits per heavy atom. The van der Waals surface area contributed by atoms with Gasteiger partial charge in [0, 0.05) is 34.4 Å². The number of nitrogens with zero attached hydrogens (tertiary/aromatic N) is 3. The van der Waals surface area contributed by atoms with E-state index in [9.17, 15) is 9.59 Å². The molecule has 0 bridgehead atoms. The number of carbonyl (C=O) groups is 2. The van der Waals surface area contributed by atoms with Gasteiger partial charge < -0.3 is 4.90 Å². The van der Waals surface area contributed by atoms with Crippen LogP contribution in [-0.2, 0) is 10.2 Å². The molecule has 128 valence electrons. The number of nitrogens with one attached hydrogen (secondary N) is 1. The van der Waals surface area contributed by atoms with Gasteiger partial charge in [-0.2, -0.15) is 0 Å². The molecule has 25 heavy (non-hydrogen) atoms. The van der Waals surface area contributed by atoms with E-state index in [4.69, 9.17) is 0 Å². The summed E-state index contributed by atoms with van der Waals surface area (Å²) in [6.07, 6.45) is 6.36. The van der Waals surface area contributed by atoms with Crippen LogP contribution in [0.1, 0.15) is 35.2 Å². The van der Waals surface area contributed by atoms with Crippen molar-refractivity contribution < 1.29 is 9.59 Å². The first-order chi connectivity index (χ1) is 12.1. The van der Waals surface area contributed by atoms with Crippen LogP contribution < -0.4 is 5.32 Å². The van der Waals surface area contributed by atoms with Crippen LogP contribution in [0.5, 0.6) is 0 Å². The highest BCUT2D eigenvalue weighted by Gasteiger charge is 2.47. The fourth-order valence-corrected chi connectivity index (χ4v) is 4.06. The zero-order valence-corrected chi connectivity index (χ0v) is 15.1. The van der Waals surface area contributed by atoms with Crippen LogP contribution >= 0.6 is 15.9 Å². The molecule has 0 radical (unpaired) electrons. The summed E-state index contributed by atoms with van der Waals surface area (Å²) in [4.78, 5) is 34.8. The van der Waals surface area contributed by atoms with E-state index in [1.807, 2.05) is 12.1 Å². The van der Waals surface area contributed by atoms with Crippen molar-refractivity contribution in [3.8, 4) is 0 Å². The molecule has 0 atom stereocenters. The van der Waals surface area contributed by atoms with E-state index in [0.29, 0.717) is 12.1 Å². The van der Waals surface area contributed by atoms with Gasteiger partial charge in [0.2, 0.25) is 11.9 Å². The summed E-state index contributed by atoms with van der Waals surface area (Å²) in [7, 11) is 0. The zero-order chi connectivity index (χ0) is 17.4. The van der Waals surface area contributed by atoms with Crippen molar-refractivity contribution >= 4 is 33.7 Å². The van der Waals surface area contributed by atoms with Gasteiger partial charge in [-0.25, -0.2) is 9.97 Å². The first-order valence-electron chi connectivity index (χ1n) is 8.24. The van der Waals surface area contributed by atoms with Crippen molar-refractivity contribution in [3.63, 3.8) is 0 Å². The maximum Gasteiger partial charge on any atom is 0.254 e. The number of fused-ring (bicyclic) bond motifs is 2. The molecule has 2 aromatic rings. The molecule has 1 saturated carbocycles. The standard InChI is InChI=1S/C18H17BrN4O2/c19-12-3-4-13-14(9-12)18(5-1-6-18)11-23(16(13)25)10-15(24)22-17-20-7-2-8-21-17/h2-4,7-9H,1,5-6,10-11H2,(H,20,21,22,24). The van der Waals surface area contributed by atoms with E-state index in [-0.39, 0.29) is 29.7 Å². The van der Waals surface area contributed by atoms with Crippen LogP contribution in [0.25, 0.3) is 0 Å². The smallest absolute Gasteiger partial charge is 0.254 e. The van der Waals surface area contributed by atoms with Crippen molar-refractivity contribution in [2.45, 2.75) is 24.7 Å². The topological polar surface area (TPSA) is 75.2 Å². The predicted molar refractivity (Wildman–Crippen MR) is 96.2 cm³/mol. The molecule has 1 fully saturated rings. The summed E-state index contributed by atoms with van der Waals surface area (Å²) in [6.45, 7) is 0.590.